The molecule has 0 fully saturated rings. The lowest BCUT2D eigenvalue weighted by Crippen LogP contribution is -2.35. The van der Waals surface area contributed by atoms with Gasteiger partial charge in [-0.05, 0) is 38.0 Å². The molecule has 2 aromatic rings. The third kappa shape index (κ3) is 6.31. The number of nitrogens with zero attached hydrogens (tertiary/aromatic N) is 1. The number of benzene rings is 2. The molecule has 154 valence electrons. The number of amides is 1. The van der Waals surface area contributed by atoms with Gasteiger partial charge in [-0.3, -0.25) is 19.7 Å². The molecule has 0 saturated heterocycles. The van der Waals surface area contributed by atoms with Crippen LogP contribution in [-0.4, -0.2) is 36.6 Å². The van der Waals surface area contributed by atoms with E-state index in [1.165, 1.54) is 12.1 Å². The van der Waals surface area contributed by atoms with E-state index in [0.717, 1.165) is 11.6 Å². The van der Waals surface area contributed by atoms with Crippen molar-refractivity contribution in [1.82, 2.24) is 5.32 Å². The number of ether oxygens (including phenoxy) is 2. The van der Waals surface area contributed by atoms with E-state index >= 15 is 0 Å². The van der Waals surface area contributed by atoms with Crippen molar-refractivity contribution in [3.05, 3.63) is 69.8 Å². The number of nitro benzene ring substituents is 1. The zero-order valence-corrected chi connectivity index (χ0v) is 16.4. The maximum atomic E-state index is 12.5. The second-order valence-corrected chi connectivity index (χ2v) is 6.22. The van der Waals surface area contributed by atoms with Crippen molar-refractivity contribution in [2.24, 2.45) is 5.92 Å². The third-order valence-electron chi connectivity index (χ3n) is 4.17. The molecule has 1 N–H and O–H groups in total. The lowest BCUT2D eigenvalue weighted by atomic mass is 9.99. The summed E-state index contributed by atoms with van der Waals surface area (Å²) < 4.78 is 10.3. The van der Waals surface area contributed by atoms with Crippen molar-refractivity contribution >= 4 is 17.6 Å². The van der Waals surface area contributed by atoms with Crippen LogP contribution in [0.1, 0.15) is 29.8 Å². The number of hydrogen-bond donors (Lipinski definition) is 1. The average molecular weight is 400 g/mol. The Bertz CT molecular complexity index is 854. The van der Waals surface area contributed by atoms with Gasteiger partial charge in [0.05, 0.1) is 24.1 Å². The van der Waals surface area contributed by atoms with Gasteiger partial charge in [0.1, 0.15) is 0 Å². The molecule has 8 heteroatoms. The number of nitrogens with one attached hydrogen (secondary N) is 1. The van der Waals surface area contributed by atoms with E-state index in [4.69, 9.17) is 9.47 Å². The predicted molar refractivity (Wildman–Crippen MR) is 107 cm³/mol. The van der Waals surface area contributed by atoms with Crippen LogP contribution < -0.4 is 10.1 Å². The monoisotopic (exact) mass is 400 g/mol. The number of carbonyl (C=O) groups excluding carboxylic acids is 2. The first-order chi connectivity index (χ1) is 14.0. The molecule has 1 unspecified atom stereocenters. The second-order valence-electron chi connectivity index (χ2n) is 6.22. The Morgan fingerprint density at radius 3 is 2.45 bits per heavy atom. The van der Waals surface area contributed by atoms with Crippen LogP contribution in [-0.2, 0) is 16.0 Å². The van der Waals surface area contributed by atoms with Gasteiger partial charge < -0.3 is 14.8 Å². The highest BCUT2D eigenvalue weighted by Crippen LogP contribution is 2.28. The van der Waals surface area contributed by atoms with Crippen LogP contribution in [0.5, 0.6) is 5.75 Å². The first kappa shape index (κ1) is 21.9. The molecule has 2 rings (SSSR count). The highest BCUT2D eigenvalue weighted by atomic mass is 16.6. The summed E-state index contributed by atoms with van der Waals surface area (Å²) in [6.45, 7) is 3.99. The predicted octanol–water partition coefficient (Wildman–Crippen LogP) is 3.15. The van der Waals surface area contributed by atoms with Gasteiger partial charge in [-0.25, -0.2) is 0 Å². The Hall–Kier alpha value is -3.42. The standard InChI is InChI=1S/C21H24N2O6/c1-3-28-19-11-10-16(13-18(19)23(26)27)20(24)22-14-17(21(25)29-4-2)12-15-8-6-5-7-9-15/h5-11,13,17H,3-4,12,14H2,1-2H3,(H,22,24). The van der Waals surface area contributed by atoms with E-state index in [-0.39, 0.29) is 36.8 Å². The molecule has 29 heavy (non-hydrogen) atoms. The fourth-order valence-electron chi connectivity index (χ4n) is 2.79. The normalized spacial score (nSPS) is 11.4. The molecule has 0 spiro atoms. The maximum Gasteiger partial charge on any atom is 0.311 e. The summed E-state index contributed by atoms with van der Waals surface area (Å²) in [5.41, 5.74) is 0.768. The van der Waals surface area contributed by atoms with Gasteiger partial charge in [0, 0.05) is 18.2 Å². The average Bonchev–Trinajstić information content (AvgIpc) is 2.72. The molecular formula is C21H24N2O6. The highest BCUT2D eigenvalue weighted by Gasteiger charge is 2.23. The summed E-state index contributed by atoms with van der Waals surface area (Å²) in [7, 11) is 0. The zero-order chi connectivity index (χ0) is 21.2. The van der Waals surface area contributed by atoms with Crippen LogP contribution in [0.2, 0.25) is 0 Å². The Labute approximate surface area is 169 Å². The molecule has 0 saturated carbocycles. The minimum atomic E-state index is -0.599. The van der Waals surface area contributed by atoms with Crippen molar-refractivity contribution in [3.8, 4) is 5.75 Å². The molecule has 0 heterocycles. The summed E-state index contributed by atoms with van der Waals surface area (Å²) in [6, 6.07) is 13.4. The van der Waals surface area contributed by atoms with E-state index in [0.29, 0.717) is 6.42 Å². The molecule has 0 bridgehead atoms. The van der Waals surface area contributed by atoms with Crippen molar-refractivity contribution in [2.45, 2.75) is 20.3 Å². The lowest BCUT2D eigenvalue weighted by molar-refractivity contribution is -0.385. The van der Waals surface area contributed by atoms with Crippen LogP contribution in [0.25, 0.3) is 0 Å². The van der Waals surface area contributed by atoms with E-state index in [1.54, 1.807) is 13.8 Å². The molecule has 0 radical (unpaired) electrons. The van der Waals surface area contributed by atoms with Crippen LogP contribution in [0, 0.1) is 16.0 Å². The minimum absolute atomic E-state index is 0.0492. The first-order valence-corrected chi connectivity index (χ1v) is 9.36. The van der Waals surface area contributed by atoms with Gasteiger partial charge in [0.25, 0.3) is 5.91 Å². The topological polar surface area (TPSA) is 108 Å². The fraction of sp³-hybridized carbons (Fsp3) is 0.333. The zero-order valence-electron chi connectivity index (χ0n) is 16.4. The smallest absolute Gasteiger partial charge is 0.311 e. The fourth-order valence-corrected chi connectivity index (χ4v) is 2.79. The Morgan fingerprint density at radius 1 is 1.10 bits per heavy atom. The molecule has 2 aromatic carbocycles. The number of carbonyl (C=O) groups is 2. The van der Waals surface area contributed by atoms with Crippen LogP contribution in [0.15, 0.2) is 48.5 Å². The molecule has 0 aromatic heterocycles. The van der Waals surface area contributed by atoms with Gasteiger partial charge >= 0.3 is 11.7 Å². The Morgan fingerprint density at radius 2 is 1.83 bits per heavy atom. The number of nitro groups is 1. The third-order valence-corrected chi connectivity index (χ3v) is 4.17. The lowest BCUT2D eigenvalue weighted by Gasteiger charge is -2.16. The molecular weight excluding hydrogens is 376 g/mol. The first-order valence-electron chi connectivity index (χ1n) is 9.36. The summed E-state index contributed by atoms with van der Waals surface area (Å²) in [4.78, 5) is 35.4. The van der Waals surface area contributed by atoms with Crippen molar-refractivity contribution in [1.29, 1.82) is 0 Å². The van der Waals surface area contributed by atoms with Gasteiger partial charge in [0.2, 0.25) is 0 Å². The van der Waals surface area contributed by atoms with Gasteiger partial charge in [0.15, 0.2) is 5.75 Å². The van der Waals surface area contributed by atoms with E-state index < -0.39 is 22.7 Å². The molecule has 8 nitrogen and oxygen atoms in total. The summed E-state index contributed by atoms with van der Waals surface area (Å²) >= 11 is 0. The van der Waals surface area contributed by atoms with Crippen LogP contribution >= 0.6 is 0 Å². The maximum absolute atomic E-state index is 12.5. The van der Waals surface area contributed by atoms with Gasteiger partial charge in [-0.2, -0.15) is 0 Å². The largest absolute Gasteiger partial charge is 0.487 e. The molecule has 0 aliphatic carbocycles. The minimum Gasteiger partial charge on any atom is -0.487 e. The van der Waals surface area contributed by atoms with Crippen molar-refractivity contribution in [3.63, 3.8) is 0 Å². The van der Waals surface area contributed by atoms with Crippen molar-refractivity contribution < 1.29 is 24.0 Å². The quantitative estimate of drug-likeness (QED) is 0.373. The molecule has 0 aliphatic heterocycles. The van der Waals surface area contributed by atoms with E-state index in [1.807, 2.05) is 30.3 Å². The second kappa shape index (κ2) is 10.8. The number of esters is 1. The molecule has 0 aliphatic rings. The SMILES string of the molecule is CCOC(=O)C(CNC(=O)c1ccc(OCC)c([N+](=O)[O-])c1)Cc1ccccc1. The van der Waals surface area contributed by atoms with Crippen LogP contribution in [0.4, 0.5) is 5.69 Å². The van der Waals surface area contributed by atoms with Crippen molar-refractivity contribution in [2.75, 3.05) is 19.8 Å². The van der Waals surface area contributed by atoms with Gasteiger partial charge in [-0.15, -0.1) is 0 Å². The Balaban J connectivity index is 2.11. The van der Waals surface area contributed by atoms with Gasteiger partial charge in [-0.1, -0.05) is 30.3 Å². The number of rotatable bonds is 10. The molecule has 1 amide bonds. The molecule has 1 atom stereocenters. The Kier molecular flexibility index (Phi) is 8.14. The van der Waals surface area contributed by atoms with E-state index in [9.17, 15) is 19.7 Å². The summed E-state index contributed by atoms with van der Waals surface area (Å²) in [6.07, 6.45) is 0.406. The van der Waals surface area contributed by atoms with E-state index in [2.05, 4.69) is 5.32 Å². The highest BCUT2D eigenvalue weighted by molar-refractivity contribution is 5.95. The number of hydrogen-bond acceptors (Lipinski definition) is 6. The summed E-state index contributed by atoms with van der Waals surface area (Å²) in [5, 5.41) is 13.9. The summed E-state index contributed by atoms with van der Waals surface area (Å²) in [5.74, 6) is -1.39. The van der Waals surface area contributed by atoms with Crippen LogP contribution in [0.3, 0.4) is 0 Å².